The van der Waals surface area contributed by atoms with Gasteiger partial charge in [-0.15, -0.1) is 0 Å². The predicted molar refractivity (Wildman–Crippen MR) is 81.2 cm³/mol. The van der Waals surface area contributed by atoms with Crippen molar-refractivity contribution in [2.75, 3.05) is 0 Å². The minimum atomic E-state index is 0. The van der Waals surface area contributed by atoms with Crippen LogP contribution in [0.4, 0.5) is 0 Å². The summed E-state index contributed by atoms with van der Waals surface area (Å²) in [6.07, 6.45) is 2.50. The summed E-state index contributed by atoms with van der Waals surface area (Å²) in [5.74, 6) is 1.30. The van der Waals surface area contributed by atoms with Crippen LogP contribution in [0.25, 0.3) is 0 Å². The fraction of sp³-hybridized carbons (Fsp3) is 0.333. The maximum absolute atomic E-state index is 2.33. The van der Waals surface area contributed by atoms with E-state index in [1.807, 2.05) is 0 Å². The Bertz CT molecular complexity index is 418. The molecule has 0 aliphatic carbocycles. The Balaban J connectivity index is -0.000000902. The fourth-order valence-corrected chi connectivity index (χ4v) is 2.40. The van der Waals surface area contributed by atoms with E-state index in [-0.39, 0.29) is 40.6 Å². The molecule has 2 aromatic carbocycles. The largest absolute Gasteiger partial charge is 1.00 e. The summed E-state index contributed by atoms with van der Waals surface area (Å²) in [6, 6.07) is 21.6. The Morgan fingerprint density at radius 1 is 0.650 bits per heavy atom. The molecule has 0 saturated carbocycles. The molecule has 0 bridgehead atoms. The summed E-state index contributed by atoms with van der Waals surface area (Å²) < 4.78 is 0. The molecule has 0 saturated heterocycles. The third-order valence-corrected chi connectivity index (χ3v) is 3.77. The van der Waals surface area contributed by atoms with Gasteiger partial charge >= 0.3 is 37.7 Å². The van der Waals surface area contributed by atoms with Crippen molar-refractivity contribution in [1.82, 2.24) is 0 Å². The SMILES string of the molecule is CC(CCC(C)c1ccccc1)c1ccccc1.[H-].[H-].[Li+].[Li+]. The Morgan fingerprint density at radius 3 is 1.25 bits per heavy atom. The molecule has 0 aromatic heterocycles. The van der Waals surface area contributed by atoms with Crippen molar-refractivity contribution in [1.29, 1.82) is 0 Å². The molecule has 0 amide bonds. The average molecular weight is 254 g/mol. The summed E-state index contributed by atoms with van der Waals surface area (Å²) in [4.78, 5) is 0. The molecular formula is C18H24Li2. The summed E-state index contributed by atoms with van der Waals surface area (Å²) in [5.41, 5.74) is 2.91. The maximum Gasteiger partial charge on any atom is 1.00 e. The number of benzene rings is 2. The molecule has 20 heavy (non-hydrogen) atoms. The zero-order valence-electron chi connectivity index (χ0n) is 15.3. The van der Waals surface area contributed by atoms with Crippen molar-refractivity contribution in [3.05, 3.63) is 71.8 Å². The van der Waals surface area contributed by atoms with Crippen LogP contribution in [0.2, 0.25) is 0 Å². The first-order valence-corrected chi connectivity index (χ1v) is 6.87. The second-order valence-electron chi connectivity index (χ2n) is 5.20. The third-order valence-electron chi connectivity index (χ3n) is 3.77. The molecule has 0 spiro atoms. The van der Waals surface area contributed by atoms with Gasteiger partial charge in [0.1, 0.15) is 0 Å². The molecule has 2 unspecified atom stereocenters. The van der Waals surface area contributed by atoms with Gasteiger partial charge in [-0.25, -0.2) is 0 Å². The molecule has 2 atom stereocenters. The van der Waals surface area contributed by atoms with Crippen LogP contribution >= 0.6 is 0 Å². The van der Waals surface area contributed by atoms with Crippen molar-refractivity contribution < 1.29 is 40.6 Å². The minimum absolute atomic E-state index is 0. The smallest absolute Gasteiger partial charge is 1.00 e. The summed E-state index contributed by atoms with van der Waals surface area (Å²) >= 11 is 0. The Kier molecular flexibility index (Phi) is 10.2. The Labute approximate surface area is 150 Å². The number of hydrogen-bond donors (Lipinski definition) is 0. The predicted octanol–water partition coefficient (Wildman–Crippen LogP) is -0.393. The van der Waals surface area contributed by atoms with Crippen molar-refractivity contribution in [2.45, 2.75) is 38.5 Å². The molecule has 0 aliphatic heterocycles. The van der Waals surface area contributed by atoms with Gasteiger partial charge in [-0.1, -0.05) is 74.5 Å². The molecule has 0 heterocycles. The zero-order valence-corrected chi connectivity index (χ0v) is 13.3. The normalized spacial score (nSPS) is 12.7. The first-order chi connectivity index (χ1) is 8.77. The fourth-order valence-electron chi connectivity index (χ4n) is 2.40. The quantitative estimate of drug-likeness (QED) is 0.637. The van der Waals surface area contributed by atoms with Gasteiger partial charge in [0.2, 0.25) is 0 Å². The van der Waals surface area contributed by atoms with E-state index in [9.17, 15) is 0 Å². The molecule has 0 N–H and O–H groups in total. The summed E-state index contributed by atoms with van der Waals surface area (Å²) in [5, 5.41) is 0. The molecule has 2 heteroatoms. The standard InChI is InChI=1S/C18H22.2Li.2H/c1-15(17-9-5-3-6-10-17)13-14-16(2)18-11-7-4-8-12-18;;;;/h3-12,15-16H,13-14H2,1-2H3;;;;/q;2*+1;2*-1. The van der Waals surface area contributed by atoms with E-state index in [4.69, 9.17) is 0 Å². The molecule has 98 valence electrons. The first kappa shape index (κ1) is 19.6. The van der Waals surface area contributed by atoms with Crippen LogP contribution in [0.5, 0.6) is 0 Å². The van der Waals surface area contributed by atoms with Gasteiger partial charge in [-0.05, 0) is 35.8 Å². The average Bonchev–Trinajstić information content (AvgIpc) is 2.46. The topological polar surface area (TPSA) is 0 Å². The summed E-state index contributed by atoms with van der Waals surface area (Å²) in [6.45, 7) is 4.65. The van der Waals surface area contributed by atoms with E-state index in [1.54, 1.807) is 0 Å². The second-order valence-corrected chi connectivity index (χ2v) is 5.20. The third kappa shape index (κ3) is 5.95. The first-order valence-electron chi connectivity index (χ1n) is 6.87. The van der Waals surface area contributed by atoms with Crippen LogP contribution in [0.3, 0.4) is 0 Å². The van der Waals surface area contributed by atoms with Crippen molar-refractivity contribution >= 4 is 0 Å². The van der Waals surface area contributed by atoms with Gasteiger partial charge in [0.25, 0.3) is 0 Å². The van der Waals surface area contributed by atoms with Crippen molar-refractivity contribution in [3.63, 3.8) is 0 Å². The molecule has 2 aromatic rings. The van der Waals surface area contributed by atoms with Crippen molar-refractivity contribution in [2.24, 2.45) is 0 Å². The van der Waals surface area contributed by atoms with E-state index in [0.717, 1.165) is 0 Å². The van der Waals surface area contributed by atoms with E-state index in [1.165, 1.54) is 24.0 Å². The minimum Gasteiger partial charge on any atom is -1.00 e. The molecule has 0 radical (unpaired) electrons. The Morgan fingerprint density at radius 2 is 0.950 bits per heavy atom. The van der Waals surface area contributed by atoms with Gasteiger partial charge in [0.15, 0.2) is 0 Å². The Hall–Kier alpha value is -0.365. The van der Waals surface area contributed by atoms with Crippen LogP contribution < -0.4 is 37.7 Å². The number of rotatable bonds is 5. The van der Waals surface area contributed by atoms with E-state index >= 15 is 0 Å². The molecule has 0 nitrogen and oxygen atoms in total. The van der Waals surface area contributed by atoms with Crippen LogP contribution in [-0.4, -0.2) is 0 Å². The van der Waals surface area contributed by atoms with Crippen LogP contribution in [0, 0.1) is 0 Å². The van der Waals surface area contributed by atoms with Gasteiger partial charge in [-0.3, -0.25) is 0 Å². The van der Waals surface area contributed by atoms with Crippen LogP contribution in [0.15, 0.2) is 60.7 Å². The van der Waals surface area contributed by atoms with E-state index in [2.05, 4.69) is 74.5 Å². The molecule has 0 fully saturated rings. The molecule has 2 rings (SSSR count). The van der Waals surface area contributed by atoms with Crippen LogP contribution in [0.1, 0.15) is 52.5 Å². The maximum atomic E-state index is 2.33. The monoisotopic (exact) mass is 254 g/mol. The summed E-state index contributed by atoms with van der Waals surface area (Å²) in [7, 11) is 0. The zero-order chi connectivity index (χ0) is 12.8. The second kappa shape index (κ2) is 10.4. The van der Waals surface area contributed by atoms with Gasteiger partial charge < -0.3 is 2.85 Å². The number of hydrogen-bond acceptors (Lipinski definition) is 0. The van der Waals surface area contributed by atoms with Gasteiger partial charge in [-0.2, -0.15) is 0 Å². The molecule has 0 aliphatic rings. The van der Waals surface area contributed by atoms with E-state index < -0.39 is 0 Å². The van der Waals surface area contributed by atoms with Gasteiger partial charge in [0.05, 0.1) is 0 Å². The molecular weight excluding hydrogens is 230 g/mol. The van der Waals surface area contributed by atoms with Gasteiger partial charge in [0, 0.05) is 0 Å². The van der Waals surface area contributed by atoms with E-state index in [0.29, 0.717) is 11.8 Å². The van der Waals surface area contributed by atoms with Crippen LogP contribution in [-0.2, 0) is 0 Å². The van der Waals surface area contributed by atoms with Crippen molar-refractivity contribution in [3.8, 4) is 0 Å².